The Balaban J connectivity index is 1.59. The molecule has 1 aliphatic rings. The molecule has 1 aromatic heterocycles. The molecule has 5 nitrogen and oxygen atoms in total. The third kappa shape index (κ3) is 4.25. The number of halogens is 1. The summed E-state index contributed by atoms with van der Waals surface area (Å²) in [5, 5.41) is 5.78. The minimum absolute atomic E-state index is 0.168. The van der Waals surface area contributed by atoms with Crippen molar-refractivity contribution in [2.75, 3.05) is 0 Å². The Bertz CT molecular complexity index is 669. The lowest BCUT2D eigenvalue weighted by molar-refractivity contribution is 0.236. The Morgan fingerprint density at radius 1 is 1.17 bits per heavy atom. The van der Waals surface area contributed by atoms with Gasteiger partial charge in [-0.15, -0.1) is 0 Å². The standard InChI is InChI=1S/C17H19FN4O/c18-13-7-5-12(6-8-13)16-9-15(20-11-21-16)10-19-17(23)22-14-3-1-2-4-14/h5-9,11,14H,1-4,10H2,(H2,19,22,23). The van der Waals surface area contributed by atoms with E-state index < -0.39 is 0 Å². The number of aromatic nitrogens is 2. The van der Waals surface area contributed by atoms with E-state index in [9.17, 15) is 9.18 Å². The van der Waals surface area contributed by atoms with Gasteiger partial charge in [-0.2, -0.15) is 0 Å². The number of benzene rings is 1. The molecule has 2 N–H and O–H groups in total. The van der Waals surface area contributed by atoms with Crippen LogP contribution in [0.3, 0.4) is 0 Å². The zero-order valence-electron chi connectivity index (χ0n) is 12.8. The van der Waals surface area contributed by atoms with Gasteiger partial charge in [0.05, 0.1) is 17.9 Å². The highest BCUT2D eigenvalue weighted by atomic mass is 19.1. The van der Waals surface area contributed by atoms with Gasteiger partial charge in [0.25, 0.3) is 0 Å². The second-order valence-electron chi connectivity index (χ2n) is 5.71. The molecule has 0 aliphatic heterocycles. The van der Waals surface area contributed by atoms with Crippen LogP contribution in [0.5, 0.6) is 0 Å². The first-order valence-corrected chi connectivity index (χ1v) is 7.82. The predicted molar refractivity (Wildman–Crippen MR) is 85.1 cm³/mol. The first-order chi connectivity index (χ1) is 11.2. The van der Waals surface area contributed by atoms with Crippen molar-refractivity contribution in [3.05, 3.63) is 48.2 Å². The minimum Gasteiger partial charge on any atom is -0.335 e. The van der Waals surface area contributed by atoms with E-state index in [1.807, 2.05) is 0 Å². The Morgan fingerprint density at radius 3 is 2.65 bits per heavy atom. The molecule has 0 saturated heterocycles. The zero-order valence-corrected chi connectivity index (χ0v) is 12.8. The van der Waals surface area contributed by atoms with E-state index in [0.717, 1.165) is 18.4 Å². The van der Waals surface area contributed by atoms with Gasteiger partial charge < -0.3 is 10.6 Å². The van der Waals surface area contributed by atoms with Gasteiger partial charge in [-0.25, -0.2) is 19.2 Å². The molecule has 1 fully saturated rings. The van der Waals surface area contributed by atoms with Crippen molar-refractivity contribution in [3.63, 3.8) is 0 Å². The molecule has 1 aromatic carbocycles. The van der Waals surface area contributed by atoms with Crippen LogP contribution in [0.2, 0.25) is 0 Å². The molecular formula is C17H19FN4O. The zero-order chi connectivity index (χ0) is 16.1. The van der Waals surface area contributed by atoms with E-state index in [0.29, 0.717) is 17.9 Å². The number of amides is 2. The molecule has 0 radical (unpaired) electrons. The van der Waals surface area contributed by atoms with Crippen LogP contribution in [0.15, 0.2) is 36.7 Å². The summed E-state index contributed by atoms with van der Waals surface area (Å²) >= 11 is 0. The number of nitrogens with zero attached hydrogens (tertiary/aromatic N) is 2. The second-order valence-corrected chi connectivity index (χ2v) is 5.71. The average Bonchev–Trinajstić information content (AvgIpc) is 3.07. The number of carbonyl (C=O) groups is 1. The predicted octanol–water partition coefficient (Wildman–Crippen LogP) is 3.02. The number of nitrogens with one attached hydrogen (secondary N) is 2. The molecule has 0 spiro atoms. The molecule has 0 unspecified atom stereocenters. The fourth-order valence-electron chi connectivity index (χ4n) is 2.75. The van der Waals surface area contributed by atoms with Crippen LogP contribution in [0.1, 0.15) is 31.4 Å². The van der Waals surface area contributed by atoms with Crippen LogP contribution in [-0.2, 0) is 6.54 Å². The summed E-state index contributed by atoms with van der Waals surface area (Å²) in [5.41, 5.74) is 2.22. The SMILES string of the molecule is O=C(NCc1cc(-c2ccc(F)cc2)ncn1)NC1CCCC1. The molecule has 23 heavy (non-hydrogen) atoms. The van der Waals surface area contributed by atoms with Crippen molar-refractivity contribution >= 4 is 6.03 Å². The van der Waals surface area contributed by atoms with Gasteiger partial charge in [-0.1, -0.05) is 12.8 Å². The minimum atomic E-state index is -0.284. The average molecular weight is 314 g/mol. The van der Waals surface area contributed by atoms with Gasteiger partial charge >= 0.3 is 6.03 Å². The van der Waals surface area contributed by atoms with Crippen LogP contribution in [0.25, 0.3) is 11.3 Å². The van der Waals surface area contributed by atoms with Crippen LogP contribution in [0, 0.1) is 5.82 Å². The fourth-order valence-corrected chi connectivity index (χ4v) is 2.75. The molecule has 2 amide bonds. The largest absolute Gasteiger partial charge is 0.335 e. The van der Waals surface area contributed by atoms with E-state index in [4.69, 9.17) is 0 Å². The van der Waals surface area contributed by atoms with E-state index >= 15 is 0 Å². The highest BCUT2D eigenvalue weighted by Crippen LogP contribution is 2.18. The first kappa shape index (κ1) is 15.4. The molecule has 6 heteroatoms. The molecule has 0 bridgehead atoms. The molecule has 1 aliphatic carbocycles. The highest BCUT2D eigenvalue weighted by molar-refractivity contribution is 5.74. The highest BCUT2D eigenvalue weighted by Gasteiger charge is 2.16. The normalized spacial score (nSPS) is 14.7. The summed E-state index contributed by atoms with van der Waals surface area (Å²) in [7, 11) is 0. The topological polar surface area (TPSA) is 66.9 Å². The lowest BCUT2D eigenvalue weighted by atomic mass is 10.1. The third-order valence-electron chi connectivity index (χ3n) is 3.98. The van der Waals surface area contributed by atoms with Gasteiger partial charge in [0, 0.05) is 11.6 Å². The molecule has 2 aromatic rings. The Hall–Kier alpha value is -2.50. The van der Waals surface area contributed by atoms with Gasteiger partial charge in [-0.3, -0.25) is 0 Å². The number of urea groups is 1. The smallest absolute Gasteiger partial charge is 0.315 e. The maximum Gasteiger partial charge on any atom is 0.315 e. The summed E-state index contributed by atoms with van der Waals surface area (Å²) < 4.78 is 13.0. The van der Waals surface area contributed by atoms with Crippen LogP contribution < -0.4 is 10.6 Å². The molecule has 120 valence electrons. The van der Waals surface area contributed by atoms with Crippen molar-refractivity contribution in [1.82, 2.24) is 20.6 Å². The Kier molecular flexibility index (Phi) is 4.80. The Labute approximate surface area is 134 Å². The first-order valence-electron chi connectivity index (χ1n) is 7.82. The van der Waals surface area contributed by atoms with Crippen LogP contribution in [0.4, 0.5) is 9.18 Å². The number of hydrogen-bond donors (Lipinski definition) is 2. The van der Waals surface area contributed by atoms with Crippen molar-refractivity contribution in [2.45, 2.75) is 38.3 Å². The quantitative estimate of drug-likeness (QED) is 0.911. The second kappa shape index (κ2) is 7.17. The maximum absolute atomic E-state index is 13.0. The van der Waals surface area contributed by atoms with Gasteiger partial charge in [0.2, 0.25) is 0 Å². The maximum atomic E-state index is 13.0. The molecule has 0 atom stereocenters. The van der Waals surface area contributed by atoms with E-state index in [2.05, 4.69) is 20.6 Å². The van der Waals surface area contributed by atoms with Crippen molar-refractivity contribution in [3.8, 4) is 11.3 Å². The summed E-state index contributed by atoms with van der Waals surface area (Å²) in [6, 6.07) is 8.04. The van der Waals surface area contributed by atoms with Gasteiger partial charge in [0.1, 0.15) is 12.1 Å². The van der Waals surface area contributed by atoms with Crippen LogP contribution >= 0.6 is 0 Å². The Morgan fingerprint density at radius 2 is 1.91 bits per heavy atom. The van der Waals surface area contributed by atoms with Crippen molar-refractivity contribution in [2.24, 2.45) is 0 Å². The molecular weight excluding hydrogens is 295 g/mol. The van der Waals surface area contributed by atoms with Gasteiger partial charge in [0.15, 0.2) is 0 Å². The summed E-state index contributed by atoms with van der Waals surface area (Å²) in [5.74, 6) is -0.284. The van der Waals surface area contributed by atoms with E-state index in [1.54, 1.807) is 18.2 Å². The van der Waals surface area contributed by atoms with E-state index in [-0.39, 0.29) is 17.9 Å². The molecule has 1 saturated carbocycles. The molecule has 3 rings (SSSR count). The monoisotopic (exact) mass is 314 g/mol. The van der Waals surface area contributed by atoms with Crippen molar-refractivity contribution < 1.29 is 9.18 Å². The number of rotatable bonds is 4. The lowest BCUT2D eigenvalue weighted by Gasteiger charge is -2.12. The number of carbonyl (C=O) groups excluding carboxylic acids is 1. The van der Waals surface area contributed by atoms with Crippen molar-refractivity contribution in [1.29, 1.82) is 0 Å². The summed E-state index contributed by atoms with van der Waals surface area (Å²) in [4.78, 5) is 20.2. The summed E-state index contributed by atoms with van der Waals surface area (Å²) in [6.45, 7) is 0.329. The van der Waals surface area contributed by atoms with E-state index in [1.165, 1.54) is 31.3 Å². The summed E-state index contributed by atoms with van der Waals surface area (Å²) in [6.07, 6.45) is 5.91. The lowest BCUT2D eigenvalue weighted by Crippen LogP contribution is -2.40. The van der Waals surface area contributed by atoms with Crippen LogP contribution in [-0.4, -0.2) is 22.0 Å². The van der Waals surface area contributed by atoms with Gasteiger partial charge in [-0.05, 0) is 43.2 Å². The third-order valence-corrected chi connectivity index (χ3v) is 3.98. The molecule has 1 heterocycles. The fraction of sp³-hybridized carbons (Fsp3) is 0.353. The number of hydrogen-bond acceptors (Lipinski definition) is 3.